The standard InChI is InChI=1S/C59H36N4O/c1-35-32-51(55-54(42-26-12-17-31-52(42)64-55)53(35)58-61-56(36-18-4-2-5-19-36)60-57(62-58)37-20-6-3-7-21-37)63-49-30-16-11-25-41(49)44-33-43-40-24-10-15-29-47(40)59(48(43)34-50(44)63)45-27-13-8-22-38(45)39-23-9-14-28-46(39)59/h2-34H,1H3. The monoisotopic (exact) mass is 816 g/mol. The lowest BCUT2D eigenvalue weighted by atomic mass is 9.70. The highest BCUT2D eigenvalue weighted by Crippen LogP contribution is 2.63. The fourth-order valence-electron chi connectivity index (χ4n) is 11.2. The molecule has 0 N–H and O–H groups in total. The first-order chi connectivity index (χ1) is 31.7. The SMILES string of the molecule is Cc1cc(-n2c3ccccc3c3cc4c(cc32)C2(c3ccccc3-c3ccccc32)c2ccccc2-4)c2oc3ccccc3c2c1-c1nc(-c2ccccc2)nc(-c2ccccc2)n1. The van der Waals surface area contributed by atoms with E-state index in [1.165, 1.54) is 55.3 Å². The Morgan fingerprint density at radius 2 is 0.938 bits per heavy atom. The maximum absolute atomic E-state index is 7.09. The summed E-state index contributed by atoms with van der Waals surface area (Å²) in [6.45, 7) is 2.18. The first-order valence-corrected chi connectivity index (χ1v) is 21.9. The molecule has 0 saturated heterocycles. The summed E-state index contributed by atoms with van der Waals surface area (Å²) in [6.07, 6.45) is 0. The minimum atomic E-state index is -0.478. The number of aromatic nitrogens is 4. The molecule has 0 amide bonds. The minimum Gasteiger partial charge on any atom is -0.454 e. The van der Waals surface area contributed by atoms with E-state index >= 15 is 0 Å². The minimum absolute atomic E-state index is 0.478. The van der Waals surface area contributed by atoms with Crippen LogP contribution in [0.25, 0.3) is 106 Å². The van der Waals surface area contributed by atoms with E-state index in [2.05, 4.69) is 169 Å². The van der Waals surface area contributed by atoms with Crippen molar-refractivity contribution in [1.82, 2.24) is 19.5 Å². The molecule has 12 aromatic rings. The fraction of sp³-hybridized carbons (Fsp3) is 0.0339. The number of benzene rings is 9. The molecule has 2 aliphatic rings. The maximum atomic E-state index is 7.09. The Bertz CT molecular complexity index is 3810. The largest absolute Gasteiger partial charge is 0.454 e. The molecule has 3 aromatic heterocycles. The van der Waals surface area contributed by atoms with Gasteiger partial charge in [-0.15, -0.1) is 0 Å². The molecule has 0 fully saturated rings. The summed E-state index contributed by atoms with van der Waals surface area (Å²) < 4.78 is 9.53. The summed E-state index contributed by atoms with van der Waals surface area (Å²) in [5.74, 6) is 1.84. The highest BCUT2D eigenvalue weighted by molar-refractivity contribution is 6.18. The first-order valence-electron chi connectivity index (χ1n) is 21.9. The van der Waals surface area contributed by atoms with E-state index in [4.69, 9.17) is 19.4 Å². The molecule has 0 aliphatic heterocycles. The van der Waals surface area contributed by atoms with Crippen LogP contribution in [-0.2, 0) is 5.41 Å². The Kier molecular flexibility index (Phi) is 7.18. The predicted octanol–water partition coefficient (Wildman–Crippen LogP) is 14.5. The Balaban J connectivity index is 1.09. The lowest BCUT2D eigenvalue weighted by Gasteiger charge is -2.30. The van der Waals surface area contributed by atoms with Crippen molar-refractivity contribution in [1.29, 1.82) is 0 Å². The van der Waals surface area contributed by atoms with Gasteiger partial charge in [0.1, 0.15) is 5.58 Å². The second-order valence-corrected chi connectivity index (χ2v) is 17.1. The summed E-state index contributed by atoms with van der Waals surface area (Å²) in [7, 11) is 0. The van der Waals surface area contributed by atoms with E-state index < -0.39 is 5.41 Å². The second kappa shape index (κ2) is 13.1. The van der Waals surface area contributed by atoms with Crippen molar-refractivity contribution in [2.24, 2.45) is 0 Å². The summed E-state index contributed by atoms with van der Waals surface area (Å²) >= 11 is 0. The van der Waals surface area contributed by atoms with Crippen molar-refractivity contribution in [3.05, 3.63) is 228 Å². The molecular formula is C59H36N4O. The molecule has 5 nitrogen and oxygen atoms in total. The zero-order chi connectivity index (χ0) is 42.1. The van der Waals surface area contributed by atoms with Crippen LogP contribution in [0, 0.1) is 6.92 Å². The van der Waals surface area contributed by atoms with E-state index in [0.717, 1.165) is 60.9 Å². The topological polar surface area (TPSA) is 56.7 Å². The zero-order valence-electron chi connectivity index (χ0n) is 34.7. The van der Waals surface area contributed by atoms with Crippen molar-refractivity contribution in [3.8, 4) is 62.1 Å². The molecule has 5 heteroatoms. The van der Waals surface area contributed by atoms with Gasteiger partial charge < -0.3 is 8.98 Å². The van der Waals surface area contributed by atoms with Crippen LogP contribution in [0.5, 0.6) is 0 Å². The van der Waals surface area contributed by atoms with Gasteiger partial charge in [0.2, 0.25) is 0 Å². The summed E-state index contributed by atoms with van der Waals surface area (Å²) in [5, 5.41) is 4.37. The zero-order valence-corrected chi connectivity index (χ0v) is 34.7. The molecule has 2 aliphatic carbocycles. The van der Waals surface area contributed by atoms with Crippen LogP contribution < -0.4 is 0 Å². The predicted molar refractivity (Wildman–Crippen MR) is 259 cm³/mol. The third-order valence-corrected chi connectivity index (χ3v) is 13.8. The molecule has 0 radical (unpaired) electrons. The van der Waals surface area contributed by atoms with Gasteiger partial charge in [0, 0.05) is 38.2 Å². The number of nitrogens with zero attached hydrogens (tertiary/aromatic N) is 4. The molecule has 298 valence electrons. The normalized spacial score (nSPS) is 13.2. The molecule has 14 rings (SSSR count). The van der Waals surface area contributed by atoms with Gasteiger partial charge in [0.15, 0.2) is 23.1 Å². The van der Waals surface area contributed by atoms with Crippen LogP contribution in [0.1, 0.15) is 27.8 Å². The van der Waals surface area contributed by atoms with Crippen molar-refractivity contribution in [2.45, 2.75) is 12.3 Å². The maximum Gasteiger partial charge on any atom is 0.165 e. The summed E-state index contributed by atoms with van der Waals surface area (Å²) in [6, 6.07) is 71.7. The number of furan rings is 1. The summed E-state index contributed by atoms with van der Waals surface area (Å²) in [5.41, 5.74) is 18.5. The number of hydrogen-bond acceptors (Lipinski definition) is 4. The quantitative estimate of drug-likeness (QED) is 0.178. The van der Waals surface area contributed by atoms with Crippen LogP contribution in [0.3, 0.4) is 0 Å². The van der Waals surface area contributed by atoms with Gasteiger partial charge in [-0.3, -0.25) is 0 Å². The highest BCUT2D eigenvalue weighted by Gasteiger charge is 2.51. The number of rotatable bonds is 4. The average Bonchev–Trinajstić information content (AvgIpc) is 4.07. The van der Waals surface area contributed by atoms with Gasteiger partial charge >= 0.3 is 0 Å². The number of fused-ring (bicyclic) bond motifs is 16. The van der Waals surface area contributed by atoms with Gasteiger partial charge in [-0.1, -0.05) is 170 Å². The van der Waals surface area contributed by atoms with Gasteiger partial charge in [-0.05, 0) is 87.3 Å². The van der Waals surface area contributed by atoms with Crippen molar-refractivity contribution in [2.75, 3.05) is 0 Å². The van der Waals surface area contributed by atoms with Gasteiger partial charge in [0.25, 0.3) is 0 Å². The lowest BCUT2D eigenvalue weighted by Crippen LogP contribution is -2.25. The van der Waals surface area contributed by atoms with Crippen molar-refractivity contribution in [3.63, 3.8) is 0 Å². The van der Waals surface area contributed by atoms with Crippen LogP contribution >= 0.6 is 0 Å². The first kappa shape index (κ1) is 35.2. The smallest absolute Gasteiger partial charge is 0.165 e. The number of aryl methyl sites for hydroxylation is 1. The van der Waals surface area contributed by atoms with E-state index in [1.54, 1.807) is 0 Å². The molecule has 64 heavy (non-hydrogen) atoms. The molecule has 0 bridgehead atoms. The van der Waals surface area contributed by atoms with Crippen LogP contribution in [0.15, 0.2) is 205 Å². The van der Waals surface area contributed by atoms with E-state index in [9.17, 15) is 0 Å². The molecular weight excluding hydrogens is 781 g/mol. The molecule has 1 spiro atoms. The van der Waals surface area contributed by atoms with Crippen LogP contribution in [-0.4, -0.2) is 19.5 Å². The Morgan fingerprint density at radius 3 is 1.58 bits per heavy atom. The lowest BCUT2D eigenvalue weighted by molar-refractivity contribution is 0.666. The van der Waals surface area contributed by atoms with E-state index in [1.807, 2.05) is 42.5 Å². The third kappa shape index (κ3) is 4.65. The summed E-state index contributed by atoms with van der Waals surface area (Å²) in [4.78, 5) is 15.5. The Hall–Kier alpha value is -8.41. The van der Waals surface area contributed by atoms with Gasteiger partial charge in [-0.25, -0.2) is 15.0 Å². The molecule has 0 atom stereocenters. The molecule has 3 heterocycles. The molecule has 9 aromatic carbocycles. The van der Waals surface area contributed by atoms with Crippen LogP contribution in [0.2, 0.25) is 0 Å². The average molecular weight is 817 g/mol. The van der Waals surface area contributed by atoms with E-state index in [0.29, 0.717) is 17.5 Å². The Labute approximate surface area is 368 Å². The van der Waals surface area contributed by atoms with Crippen molar-refractivity contribution >= 4 is 43.7 Å². The third-order valence-electron chi connectivity index (χ3n) is 13.8. The Morgan fingerprint density at radius 1 is 0.422 bits per heavy atom. The van der Waals surface area contributed by atoms with E-state index in [-0.39, 0.29) is 0 Å². The number of para-hydroxylation sites is 2. The van der Waals surface area contributed by atoms with Crippen molar-refractivity contribution < 1.29 is 4.42 Å². The molecule has 0 unspecified atom stereocenters. The van der Waals surface area contributed by atoms with Crippen LogP contribution in [0.4, 0.5) is 0 Å². The second-order valence-electron chi connectivity index (χ2n) is 17.1. The highest BCUT2D eigenvalue weighted by atomic mass is 16.3. The van der Waals surface area contributed by atoms with Gasteiger partial charge in [-0.2, -0.15) is 0 Å². The fourth-order valence-corrected chi connectivity index (χ4v) is 11.2. The molecule has 0 saturated carbocycles. The number of hydrogen-bond donors (Lipinski definition) is 0. The van der Waals surface area contributed by atoms with Gasteiger partial charge in [0.05, 0.1) is 22.1 Å².